The average Bonchev–Trinajstić information content (AvgIpc) is 1.68. The van der Waals surface area contributed by atoms with Gasteiger partial charge in [0.15, 0.2) is 0 Å². The Morgan fingerprint density at radius 1 is 1.56 bits per heavy atom. The van der Waals surface area contributed by atoms with Crippen LogP contribution in [-0.4, -0.2) is 18.6 Å². The van der Waals surface area contributed by atoms with Gasteiger partial charge in [0.05, 0.1) is 12.0 Å². The number of amides is 1. The number of carbonyl (C=O) groups excluding carboxylic acids is 1. The fraction of sp³-hybridized carbons (Fsp3) is 0.667. The van der Waals surface area contributed by atoms with E-state index in [1.54, 1.807) is 12.5 Å². The molecular formula is C3H7CuNO2S2. The number of carbonyl (C=O) groups is 1. The van der Waals surface area contributed by atoms with E-state index in [4.69, 9.17) is 0 Å². The van der Waals surface area contributed by atoms with E-state index in [1.807, 2.05) is 0 Å². The summed E-state index contributed by atoms with van der Waals surface area (Å²) in [6.07, 6.45) is 3.02. The molecule has 6 heteroatoms. The van der Waals surface area contributed by atoms with E-state index in [-0.39, 0.29) is 17.1 Å². The van der Waals surface area contributed by atoms with Crippen LogP contribution in [0.3, 0.4) is 0 Å². The van der Waals surface area contributed by atoms with Gasteiger partial charge in [-0.05, 0) is 0 Å². The molecule has 0 rings (SSSR count). The molecule has 0 atom stereocenters. The van der Waals surface area contributed by atoms with Gasteiger partial charge >= 0.3 is 6.09 Å². The molecule has 3 nitrogen and oxygen atoms in total. The van der Waals surface area contributed by atoms with E-state index in [9.17, 15) is 4.79 Å². The Balaban J connectivity index is 0. The van der Waals surface area contributed by atoms with Crippen LogP contribution in [0.2, 0.25) is 0 Å². The van der Waals surface area contributed by atoms with Crippen LogP contribution in [0.15, 0.2) is 0 Å². The van der Waals surface area contributed by atoms with Gasteiger partial charge in [-0.25, -0.2) is 4.79 Å². The van der Waals surface area contributed by atoms with E-state index in [0.717, 1.165) is 12.0 Å². The zero-order chi connectivity index (χ0) is 6.41. The van der Waals surface area contributed by atoms with Crippen molar-refractivity contribution in [2.75, 3.05) is 12.5 Å². The maximum absolute atomic E-state index is 10.3. The SMILES string of the molecule is CSNC(=O)OSC.[Cu]. The first-order chi connectivity index (χ1) is 3.81. The monoisotopic (exact) mass is 216 g/mol. The Kier molecular flexibility index (Phi) is 11.5. The molecule has 0 aliphatic rings. The van der Waals surface area contributed by atoms with Crippen LogP contribution in [0.1, 0.15) is 0 Å². The maximum Gasteiger partial charge on any atom is 0.429 e. The van der Waals surface area contributed by atoms with Crippen molar-refractivity contribution in [3.05, 3.63) is 0 Å². The van der Waals surface area contributed by atoms with Crippen molar-refractivity contribution in [2.45, 2.75) is 0 Å². The number of hydrogen-bond acceptors (Lipinski definition) is 4. The van der Waals surface area contributed by atoms with Gasteiger partial charge in [0.1, 0.15) is 0 Å². The molecule has 1 amide bonds. The second-order valence-corrected chi connectivity index (χ2v) is 1.96. The fourth-order valence-corrected chi connectivity index (χ4v) is 0.630. The largest absolute Gasteiger partial charge is 0.429 e. The predicted molar refractivity (Wildman–Crippen MR) is 36.6 cm³/mol. The normalized spacial score (nSPS) is 7.33. The van der Waals surface area contributed by atoms with Crippen LogP contribution in [-0.2, 0) is 21.3 Å². The molecule has 0 bridgehead atoms. The molecule has 59 valence electrons. The van der Waals surface area contributed by atoms with Gasteiger partial charge in [-0.1, -0.05) is 11.9 Å². The Morgan fingerprint density at radius 2 is 2.11 bits per heavy atom. The van der Waals surface area contributed by atoms with Crippen molar-refractivity contribution < 1.29 is 26.0 Å². The van der Waals surface area contributed by atoms with Gasteiger partial charge in [-0.2, -0.15) is 0 Å². The van der Waals surface area contributed by atoms with Crippen LogP contribution in [0.5, 0.6) is 0 Å². The Labute approximate surface area is 73.5 Å². The molecule has 0 aliphatic carbocycles. The van der Waals surface area contributed by atoms with E-state index in [1.165, 1.54) is 11.9 Å². The first-order valence-electron chi connectivity index (χ1n) is 1.85. The molecule has 0 aromatic carbocycles. The second-order valence-electron chi connectivity index (χ2n) is 0.844. The number of rotatable bonds is 2. The van der Waals surface area contributed by atoms with Crippen LogP contribution < -0.4 is 4.72 Å². The quantitative estimate of drug-likeness (QED) is 0.429. The minimum Gasteiger partial charge on any atom is -0.375 e. The average molecular weight is 217 g/mol. The molecule has 0 aromatic rings. The van der Waals surface area contributed by atoms with Crippen molar-refractivity contribution in [3.63, 3.8) is 0 Å². The zero-order valence-electron chi connectivity index (χ0n) is 4.93. The van der Waals surface area contributed by atoms with Crippen LogP contribution in [0.4, 0.5) is 4.79 Å². The topological polar surface area (TPSA) is 38.3 Å². The molecule has 9 heavy (non-hydrogen) atoms. The van der Waals surface area contributed by atoms with Gasteiger partial charge < -0.3 is 4.18 Å². The smallest absolute Gasteiger partial charge is 0.375 e. The molecular weight excluding hydrogens is 210 g/mol. The summed E-state index contributed by atoms with van der Waals surface area (Å²) in [4.78, 5) is 10.3. The summed E-state index contributed by atoms with van der Waals surface area (Å²) >= 11 is 2.24. The van der Waals surface area contributed by atoms with Crippen LogP contribution in [0.25, 0.3) is 0 Å². The molecule has 0 heterocycles. The summed E-state index contributed by atoms with van der Waals surface area (Å²) in [5.41, 5.74) is 0. The molecule has 1 N–H and O–H groups in total. The minimum atomic E-state index is -0.412. The Hall–Kier alpha value is 0.489. The van der Waals surface area contributed by atoms with E-state index in [0.29, 0.717) is 0 Å². The van der Waals surface area contributed by atoms with Crippen molar-refractivity contribution in [1.82, 2.24) is 4.72 Å². The molecule has 0 fully saturated rings. The van der Waals surface area contributed by atoms with Gasteiger partial charge in [0.25, 0.3) is 0 Å². The Morgan fingerprint density at radius 3 is 2.44 bits per heavy atom. The second kappa shape index (κ2) is 8.49. The minimum absolute atomic E-state index is 0. The Bertz CT molecular complexity index is 74.2. The molecule has 0 unspecified atom stereocenters. The van der Waals surface area contributed by atoms with Gasteiger partial charge in [0, 0.05) is 29.6 Å². The van der Waals surface area contributed by atoms with Gasteiger partial charge in [-0.15, -0.1) is 0 Å². The first-order valence-corrected chi connectivity index (χ1v) is 4.22. The van der Waals surface area contributed by atoms with Gasteiger partial charge in [-0.3, -0.25) is 4.72 Å². The summed E-state index contributed by atoms with van der Waals surface area (Å²) in [7, 11) is 0. The predicted octanol–water partition coefficient (Wildman–Crippen LogP) is 1.27. The van der Waals surface area contributed by atoms with Crippen molar-refractivity contribution >= 4 is 30.1 Å². The molecule has 0 saturated heterocycles. The van der Waals surface area contributed by atoms with Crippen molar-refractivity contribution in [1.29, 1.82) is 0 Å². The van der Waals surface area contributed by atoms with E-state index in [2.05, 4.69) is 8.91 Å². The first kappa shape index (κ1) is 12.2. The molecule has 0 aliphatic heterocycles. The summed E-state index contributed by atoms with van der Waals surface area (Å²) in [6, 6.07) is 0. The number of hydrogen-bond donors (Lipinski definition) is 1. The van der Waals surface area contributed by atoms with E-state index < -0.39 is 6.09 Å². The third kappa shape index (κ3) is 8.49. The summed E-state index contributed by atoms with van der Waals surface area (Å²) in [5, 5.41) is 0. The summed E-state index contributed by atoms with van der Waals surface area (Å²) < 4.78 is 6.81. The standard InChI is InChI=1S/C3H7NO2S2.Cu/c1-7-4-3(5)6-8-2;/h1-2H3,(H,4,5);. The molecule has 1 radical (unpaired) electrons. The molecule has 0 saturated carbocycles. The summed E-state index contributed by atoms with van der Waals surface area (Å²) in [6.45, 7) is 0. The number of nitrogens with one attached hydrogen (secondary N) is 1. The third-order valence-electron chi connectivity index (χ3n) is 0.344. The van der Waals surface area contributed by atoms with Crippen LogP contribution in [0, 0.1) is 0 Å². The van der Waals surface area contributed by atoms with E-state index >= 15 is 0 Å². The maximum atomic E-state index is 10.3. The molecule has 0 aromatic heterocycles. The van der Waals surface area contributed by atoms with Gasteiger partial charge in [0.2, 0.25) is 0 Å². The third-order valence-corrected chi connectivity index (χ3v) is 1.03. The van der Waals surface area contributed by atoms with Crippen molar-refractivity contribution in [3.8, 4) is 0 Å². The molecule has 0 spiro atoms. The summed E-state index contributed by atoms with van der Waals surface area (Å²) in [5.74, 6) is 0. The van der Waals surface area contributed by atoms with Crippen LogP contribution >= 0.6 is 24.0 Å². The fourth-order valence-electron chi connectivity index (χ4n) is 0.176. The van der Waals surface area contributed by atoms with Crippen molar-refractivity contribution in [2.24, 2.45) is 0 Å². The zero-order valence-corrected chi connectivity index (χ0v) is 7.51.